The highest BCUT2D eigenvalue weighted by molar-refractivity contribution is 4.76. The molecular weight excluding hydrogens is 144 g/mol. The van der Waals surface area contributed by atoms with Gasteiger partial charge in [0.05, 0.1) is 0 Å². The molecule has 0 spiro atoms. The molecule has 0 aromatic carbocycles. The maximum Gasteiger partial charge on any atom is 0 e. The van der Waals surface area contributed by atoms with Gasteiger partial charge < -0.3 is 0 Å². The van der Waals surface area contributed by atoms with Gasteiger partial charge in [0.25, 0.3) is 0 Å². The lowest BCUT2D eigenvalue weighted by molar-refractivity contribution is 0.196. The van der Waals surface area contributed by atoms with Crippen molar-refractivity contribution in [3.8, 4) is 0 Å². The van der Waals surface area contributed by atoms with Gasteiger partial charge in [-0.1, -0.05) is 64.2 Å². The van der Waals surface area contributed by atoms with E-state index in [2.05, 4.69) is 0 Å². The van der Waals surface area contributed by atoms with Crippen molar-refractivity contribution in [3.05, 3.63) is 0 Å². The molecule has 0 aromatic heterocycles. The molecule has 72 valence electrons. The summed E-state index contributed by atoms with van der Waals surface area (Å²) in [6, 6.07) is 0. The number of hydrogen-bond donors (Lipinski definition) is 0. The molecular formula is C12H24. The quantitative estimate of drug-likeness (QED) is 0.544. The normalized spacial score (nSPS) is 29.0. The molecule has 0 nitrogen and oxygen atoms in total. The summed E-state index contributed by atoms with van der Waals surface area (Å²) in [6.07, 6.45) is 15.4. The van der Waals surface area contributed by atoms with Crippen LogP contribution in [-0.4, -0.2) is 0 Å². The van der Waals surface area contributed by atoms with Crippen LogP contribution in [0, 0.1) is 11.8 Å². The Morgan fingerprint density at radius 3 is 1.17 bits per heavy atom. The second kappa shape index (κ2) is 4.30. The molecule has 0 atom stereocenters. The molecule has 2 fully saturated rings. The third kappa shape index (κ3) is 2.02. The molecule has 0 N–H and O–H groups in total. The van der Waals surface area contributed by atoms with Crippen molar-refractivity contribution in [2.75, 3.05) is 0 Å². The van der Waals surface area contributed by atoms with E-state index < -0.39 is 0 Å². The van der Waals surface area contributed by atoms with Crippen molar-refractivity contribution < 1.29 is 1.43 Å². The lowest BCUT2D eigenvalue weighted by Crippen LogP contribution is -2.20. The second-order valence-corrected chi connectivity index (χ2v) is 4.80. The van der Waals surface area contributed by atoms with E-state index in [1.165, 1.54) is 38.5 Å². The molecule has 0 heteroatoms. The van der Waals surface area contributed by atoms with Crippen molar-refractivity contribution in [2.45, 2.75) is 64.2 Å². The van der Waals surface area contributed by atoms with Gasteiger partial charge in [-0.05, 0) is 11.8 Å². The van der Waals surface area contributed by atoms with Crippen LogP contribution >= 0.6 is 0 Å². The zero-order chi connectivity index (χ0) is 8.23. The molecule has 0 radical (unpaired) electrons. The molecule has 0 aromatic rings. The monoisotopic (exact) mass is 168 g/mol. The summed E-state index contributed by atoms with van der Waals surface area (Å²) in [5.41, 5.74) is 0. The van der Waals surface area contributed by atoms with Crippen molar-refractivity contribution >= 4 is 0 Å². The van der Waals surface area contributed by atoms with Gasteiger partial charge in [-0.25, -0.2) is 0 Å². The van der Waals surface area contributed by atoms with Gasteiger partial charge >= 0.3 is 0 Å². The summed E-state index contributed by atoms with van der Waals surface area (Å²) in [7, 11) is 0. The third-order valence-electron chi connectivity index (χ3n) is 3.97. The SMILES string of the molecule is C1CCC(C2CCCCC2)CC1.[HH]. The highest BCUT2D eigenvalue weighted by atomic mass is 14.3. The third-order valence-corrected chi connectivity index (χ3v) is 3.97. The van der Waals surface area contributed by atoms with Crippen LogP contribution in [0.25, 0.3) is 0 Å². The summed E-state index contributed by atoms with van der Waals surface area (Å²) in [5.74, 6) is 2.28. The summed E-state index contributed by atoms with van der Waals surface area (Å²) in [6.45, 7) is 0. The Labute approximate surface area is 78.2 Å². The first kappa shape index (κ1) is 8.59. The number of hydrogen-bond acceptors (Lipinski definition) is 0. The molecule has 2 aliphatic rings. The average molecular weight is 168 g/mol. The Morgan fingerprint density at radius 1 is 0.500 bits per heavy atom. The lowest BCUT2D eigenvalue weighted by atomic mass is 9.73. The molecule has 0 heterocycles. The van der Waals surface area contributed by atoms with E-state index in [0.717, 1.165) is 11.8 Å². The largest absolute Gasteiger partial charge is 0.0533 e. The first-order valence-corrected chi connectivity index (χ1v) is 5.97. The summed E-state index contributed by atoms with van der Waals surface area (Å²) in [5, 5.41) is 0. The Morgan fingerprint density at radius 2 is 0.833 bits per heavy atom. The Kier molecular flexibility index (Phi) is 3.08. The summed E-state index contributed by atoms with van der Waals surface area (Å²) >= 11 is 0. The van der Waals surface area contributed by atoms with Gasteiger partial charge in [-0.15, -0.1) is 0 Å². The van der Waals surface area contributed by atoms with E-state index in [0.29, 0.717) is 0 Å². The van der Waals surface area contributed by atoms with Crippen LogP contribution in [0.1, 0.15) is 65.6 Å². The van der Waals surface area contributed by atoms with Gasteiger partial charge in [-0.3, -0.25) is 0 Å². The molecule has 2 rings (SSSR count). The Bertz CT molecular complexity index is 105. The van der Waals surface area contributed by atoms with Crippen LogP contribution in [0.5, 0.6) is 0 Å². The zero-order valence-corrected chi connectivity index (χ0v) is 8.23. The van der Waals surface area contributed by atoms with Crippen molar-refractivity contribution in [2.24, 2.45) is 11.8 Å². The van der Waals surface area contributed by atoms with Crippen LogP contribution in [-0.2, 0) is 0 Å². The van der Waals surface area contributed by atoms with Gasteiger partial charge in [0.15, 0.2) is 0 Å². The van der Waals surface area contributed by atoms with E-state index in [9.17, 15) is 0 Å². The van der Waals surface area contributed by atoms with E-state index in [1.54, 1.807) is 25.7 Å². The molecule has 0 bridgehead atoms. The van der Waals surface area contributed by atoms with Gasteiger partial charge in [0.2, 0.25) is 0 Å². The molecule has 2 aliphatic carbocycles. The molecule has 0 saturated heterocycles. The molecule has 2 saturated carbocycles. The standard InChI is InChI=1S/C12H22.H2/c1-3-7-11(8-4-1)12-9-5-2-6-10-12;/h11-12H,1-10H2;1H. The minimum atomic E-state index is 0. The van der Waals surface area contributed by atoms with Gasteiger partial charge in [0.1, 0.15) is 0 Å². The van der Waals surface area contributed by atoms with Crippen LogP contribution in [0.4, 0.5) is 0 Å². The van der Waals surface area contributed by atoms with Crippen molar-refractivity contribution in [3.63, 3.8) is 0 Å². The average Bonchev–Trinajstić information content (AvgIpc) is 2.21. The fourth-order valence-corrected chi connectivity index (χ4v) is 3.21. The van der Waals surface area contributed by atoms with E-state index >= 15 is 0 Å². The second-order valence-electron chi connectivity index (χ2n) is 4.80. The van der Waals surface area contributed by atoms with Crippen LogP contribution in [0.3, 0.4) is 0 Å². The fraction of sp³-hybridized carbons (Fsp3) is 1.00. The minimum Gasteiger partial charge on any atom is -0.0533 e. The highest BCUT2D eigenvalue weighted by Crippen LogP contribution is 2.37. The van der Waals surface area contributed by atoms with E-state index in [-0.39, 0.29) is 1.43 Å². The minimum absolute atomic E-state index is 0. The van der Waals surface area contributed by atoms with Crippen LogP contribution < -0.4 is 0 Å². The number of rotatable bonds is 1. The van der Waals surface area contributed by atoms with E-state index in [1.807, 2.05) is 0 Å². The Balaban J connectivity index is 0.000000845. The first-order chi connectivity index (χ1) is 5.97. The first-order valence-electron chi connectivity index (χ1n) is 5.97. The predicted octanol–water partition coefficient (Wildman–Crippen LogP) is 4.39. The topological polar surface area (TPSA) is 0 Å². The maximum atomic E-state index is 1.56. The fourth-order valence-electron chi connectivity index (χ4n) is 3.21. The smallest absolute Gasteiger partial charge is 0 e. The lowest BCUT2D eigenvalue weighted by Gasteiger charge is -2.32. The molecule has 0 amide bonds. The Hall–Kier alpha value is 0. The van der Waals surface area contributed by atoms with Gasteiger partial charge in [0, 0.05) is 1.43 Å². The summed E-state index contributed by atoms with van der Waals surface area (Å²) < 4.78 is 0. The predicted molar refractivity (Wildman–Crippen MR) is 55.3 cm³/mol. The van der Waals surface area contributed by atoms with Crippen LogP contribution in [0.2, 0.25) is 0 Å². The zero-order valence-electron chi connectivity index (χ0n) is 8.23. The van der Waals surface area contributed by atoms with Crippen molar-refractivity contribution in [1.29, 1.82) is 0 Å². The van der Waals surface area contributed by atoms with Crippen LogP contribution in [0.15, 0.2) is 0 Å². The van der Waals surface area contributed by atoms with Gasteiger partial charge in [-0.2, -0.15) is 0 Å². The summed E-state index contributed by atoms with van der Waals surface area (Å²) in [4.78, 5) is 0. The molecule has 0 aliphatic heterocycles. The molecule has 0 unspecified atom stereocenters. The van der Waals surface area contributed by atoms with E-state index in [4.69, 9.17) is 0 Å². The highest BCUT2D eigenvalue weighted by Gasteiger charge is 2.24. The maximum absolute atomic E-state index is 1.56. The van der Waals surface area contributed by atoms with Crippen molar-refractivity contribution in [1.82, 2.24) is 0 Å². The molecule has 12 heavy (non-hydrogen) atoms.